The van der Waals surface area contributed by atoms with Crippen LogP contribution in [0.4, 0.5) is 5.82 Å². The first-order valence-electron chi connectivity index (χ1n) is 8.13. The van der Waals surface area contributed by atoms with E-state index in [1.165, 1.54) is 11.8 Å². The topological polar surface area (TPSA) is 121 Å². The Labute approximate surface area is 164 Å². The Balaban J connectivity index is 1.71. The van der Waals surface area contributed by atoms with Crippen LogP contribution < -0.4 is 15.6 Å². The van der Waals surface area contributed by atoms with Crippen molar-refractivity contribution < 1.29 is 9.53 Å². The Hall–Kier alpha value is -3.64. The molecule has 3 rings (SSSR count). The van der Waals surface area contributed by atoms with Crippen LogP contribution in [0, 0.1) is 11.3 Å². The number of ether oxygens (including phenoxy) is 1. The lowest BCUT2D eigenvalue weighted by Gasteiger charge is -2.08. The maximum absolute atomic E-state index is 12.0. The summed E-state index contributed by atoms with van der Waals surface area (Å²) in [4.78, 5) is 34.8. The van der Waals surface area contributed by atoms with Gasteiger partial charge in [0.25, 0.3) is 11.5 Å². The number of hydrogen-bond acceptors (Lipinski definition) is 7. The standard InChI is InChI=1S/C19H15N5O3S/c1-28-19-23-17(14(10-20)18(26)24-19)12-5-7-13(8-6-12)27-11-16(25)22-15-4-2-3-9-21-15/h2-9H,11H2,1H3,(H,21,22,25)(H,23,24,26). The van der Waals surface area contributed by atoms with Gasteiger partial charge in [0.1, 0.15) is 23.2 Å². The maximum Gasteiger partial charge on any atom is 0.270 e. The Bertz CT molecular complexity index is 1080. The third-order valence-electron chi connectivity index (χ3n) is 3.63. The summed E-state index contributed by atoms with van der Waals surface area (Å²) < 4.78 is 5.46. The number of nitrogens with zero attached hydrogens (tertiary/aromatic N) is 3. The molecular weight excluding hydrogens is 378 g/mol. The molecule has 9 heteroatoms. The molecule has 140 valence electrons. The summed E-state index contributed by atoms with van der Waals surface area (Å²) in [5.74, 6) is 0.573. The molecular formula is C19H15N5O3S. The van der Waals surface area contributed by atoms with Crippen LogP contribution in [0.5, 0.6) is 5.75 Å². The van der Waals surface area contributed by atoms with Gasteiger partial charge in [-0.25, -0.2) is 9.97 Å². The molecule has 1 aromatic carbocycles. The van der Waals surface area contributed by atoms with Gasteiger partial charge in [-0.1, -0.05) is 17.8 Å². The molecule has 0 aliphatic rings. The van der Waals surface area contributed by atoms with Gasteiger partial charge in [-0.05, 0) is 42.7 Å². The van der Waals surface area contributed by atoms with Gasteiger partial charge >= 0.3 is 0 Å². The molecule has 3 aromatic rings. The van der Waals surface area contributed by atoms with Crippen LogP contribution in [-0.2, 0) is 4.79 Å². The minimum atomic E-state index is -0.483. The molecule has 0 aliphatic heterocycles. The van der Waals surface area contributed by atoms with Crippen LogP contribution in [0.25, 0.3) is 11.3 Å². The molecule has 0 atom stereocenters. The van der Waals surface area contributed by atoms with Crippen LogP contribution in [-0.4, -0.2) is 33.7 Å². The van der Waals surface area contributed by atoms with Gasteiger partial charge in [0, 0.05) is 11.8 Å². The fourth-order valence-electron chi connectivity index (χ4n) is 2.34. The van der Waals surface area contributed by atoms with Gasteiger partial charge in [0.05, 0.1) is 5.69 Å². The van der Waals surface area contributed by atoms with Crippen LogP contribution in [0.2, 0.25) is 0 Å². The monoisotopic (exact) mass is 393 g/mol. The summed E-state index contributed by atoms with van der Waals surface area (Å²) in [6.07, 6.45) is 3.36. The number of carbonyl (C=O) groups excluding carboxylic acids is 1. The Kier molecular flexibility index (Phi) is 6.04. The quantitative estimate of drug-likeness (QED) is 0.487. The number of nitrogens with one attached hydrogen (secondary N) is 2. The predicted molar refractivity (Wildman–Crippen MR) is 105 cm³/mol. The number of carbonyl (C=O) groups is 1. The van der Waals surface area contributed by atoms with E-state index in [-0.39, 0.29) is 18.1 Å². The van der Waals surface area contributed by atoms with Crippen molar-refractivity contribution in [2.75, 3.05) is 18.2 Å². The highest BCUT2D eigenvalue weighted by atomic mass is 32.2. The lowest BCUT2D eigenvalue weighted by atomic mass is 10.1. The van der Waals surface area contributed by atoms with Gasteiger partial charge in [0.2, 0.25) is 0 Å². The number of pyridine rings is 1. The summed E-state index contributed by atoms with van der Waals surface area (Å²) in [5, 5.41) is 12.3. The fraction of sp³-hybridized carbons (Fsp3) is 0.105. The van der Waals surface area contributed by atoms with Crippen molar-refractivity contribution in [1.29, 1.82) is 5.26 Å². The Morgan fingerprint density at radius 3 is 2.71 bits per heavy atom. The summed E-state index contributed by atoms with van der Waals surface area (Å²) in [6.45, 7) is -0.181. The Morgan fingerprint density at radius 1 is 1.29 bits per heavy atom. The van der Waals surface area contributed by atoms with Crippen LogP contribution in [0.15, 0.2) is 58.6 Å². The molecule has 2 aromatic heterocycles. The fourth-order valence-corrected chi connectivity index (χ4v) is 2.71. The van der Waals surface area contributed by atoms with Crippen molar-refractivity contribution in [2.45, 2.75) is 5.16 Å². The summed E-state index contributed by atoms with van der Waals surface area (Å²) >= 11 is 1.28. The number of H-pyrrole nitrogens is 1. The van der Waals surface area contributed by atoms with Crippen LogP contribution in [0.3, 0.4) is 0 Å². The predicted octanol–water partition coefficient (Wildman–Crippen LogP) is 2.44. The highest BCUT2D eigenvalue weighted by molar-refractivity contribution is 7.98. The molecule has 0 saturated heterocycles. The average molecular weight is 393 g/mol. The van der Waals surface area contributed by atoms with Gasteiger partial charge in [-0.15, -0.1) is 0 Å². The maximum atomic E-state index is 12.0. The third-order valence-corrected chi connectivity index (χ3v) is 4.21. The molecule has 0 fully saturated rings. The lowest BCUT2D eigenvalue weighted by molar-refractivity contribution is -0.118. The second-order valence-electron chi connectivity index (χ2n) is 5.49. The van der Waals surface area contributed by atoms with E-state index in [0.717, 1.165) is 0 Å². The van der Waals surface area contributed by atoms with E-state index >= 15 is 0 Å². The summed E-state index contributed by atoms with van der Waals surface area (Å²) in [6, 6.07) is 13.7. The average Bonchev–Trinajstić information content (AvgIpc) is 2.72. The number of thioether (sulfide) groups is 1. The molecule has 0 spiro atoms. The molecule has 2 N–H and O–H groups in total. The normalized spacial score (nSPS) is 10.1. The number of nitriles is 1. The van der Waals surface area contributed by atoms with E-state index in [4.69, 9.17) is 4.74 Å². The largest absolute Gasteiger partial charge is 0.484 e. The van der Waals surface area contributed by atoms with Gasteiger partial charge in [-0.3, -0.25) is 9.59 Å². The third kappa shape index (κ3) is 4.55. The number of rotatable bonds is 6. The minimum Gasteiger partial charge on any atom is -0.484 e. The van der Waals surface area contributed by atoms with E-state index in [1.807, 2.05) is 6.07 Å². The van der Waals surface area contributed by atoms with Gasteiger partial charge in [-0.2, -0.15) is 5.26 Å². The van der Waals surface area contributed by atoms with Crippen LogP contribution >= 0.6 is 11.8 Å². The van der Waals surface area contributed by atoms with Crippen molar-refractivity contribution in [3.63, 3.8) is 0 Å². The summed E-state index contributed by atoms with van der Waals surface area (Å²) in [7, 11) is 0. The number of aromatic amines is 1. The second-order valence-corrected chi connectivity index (χ2v) is 6.28. The molecule has 0 radical (unpaired) electrons. The lowest BCUT2D eigenvalue weighted by Crippen LogP contribution is -2.20. The number of anilines is 1. The number of hydrogen-bond donors (Lipinski definition) is 2. The van der Waals surface area contributed by atoms with E-state index in [2.05, 4.69) is 20.3 Å². The Morgan fingerprint density at radius 2 is 2.07 bits per heavy atom. The smallest absolute Gasteiger partial charge is 0.270 e. The molecule has 0 unspecified atom stereocenters. The highest BCUT2D eigenvalue weighted by Crippen LogP contribution is 2.23. The van der Waals surface area contributed by atoms with Gasteiger partial charge in [0.15, 0.2) is 11.8 Å². The number of aromatic nitrogens is 3. The second kappa shape index (κ2) is 8.83. The first kappa shape index (κ1) is 19.1. The zero-order chi connectivity index (χ0) is 19.9. The van der Waals surface area contributed by atoms with E-state index in [1.54, 1.807) is 54.9 Å². The van der Waals surface area contributed by atoms with E-state index < -0.39 is 5.56 Å². The van der Waals surface area contributed by atoms with Crippen molar-refractivity contribution in [1.82, 2.24) is 15.0 Å². The van der Waals surface area contributed by atoms with Crippen molar-refractivity contribution in [3.8, 4) is 23.1 Å². The molecule has 2 heterocycles. The first-order chi connectivity index (χ1) is 13.6. The molecule has 0 saturated carbocycles. The summed E-state index contributed by atoms with van der Waals surface area (Å²) in [5.41, 5.74) is 0.364. The van der Waals surface area contributed by atoms with E-state index in [9.17, 15) is 14.9 Å². The molecule has 8 nitrogen and oxygen atoms in total. The van der Waals surface area contributed by atoms with E-state index in [0.29, 0.717) is 28.0 Å². The molecule has 28 heavy (non-hydrogen) atoms. The van der Waals surface area contributed by atoms with Crippen LogP contribution in [0.1, 0.15) is 5.56 Å². The highest BCUT2D eigenvalue weighted by Gasteiger charge is 2.13. The zero-order valence-electron chi connectivity index (χ0n) is 14.8. The van der Waals surface area contributed by atoms with Crippen molar-refractivity contribution in [3.05, 3.63) is 64.6 Å². The first-order valence-corrected chi connectivity index (χ1v) is 9.35. The molecule has 1 amide bonds. The van der Waals surface area contributed by atoms with Crippen molar-refractivity contribution >= 4 is 23.5 Å². The van der Waals surface area contributed by atoms with Crippen molar-refractivity contribution in [2.24, 2.45) is 0 Å². The zero-order valence-corrected chi connectivity index (χ0v) is 15.6. The molecule has 0 bridgehead atoms. The number of benzene rings is 1. The van der Waals surface area contributed by atoms with Gasteiger partial charge < -0.3 is 15.0 Å². The molecule has 0 aliphatic carbocycles. The SMILES string of the molecule is CSc1nc(-c2ccc(OCC(=O)Nc3ccccn3)cc2)c(C#N)c(=O)[nH]1. The number of amides is 1. The minimum absolute atomic E-state index is 0.0544.